The van der Waals surface area contributed by atoms with Gasteiger partial charge < -0.3 is 15.2 Å². The first-order valence-corrected chi connectivity index (χ1v) is 8.63. The topological polar surface area (TPSA) is 67.3 Å². The third-order valence-electron chi connectivity index (χ3n) is 3.38. The lowest BCUT2D eigenvalue weighted by molar-refractivity contribution is 0.200. The summed E-state index contributed by atoms with van der Waals surface area (Å²) in [5.74, 6) is 0.798. The molecule has 24 heavy (non-hydrogen) atoms. The van der Waals surface area contributed by atoms with Gasteiger partial charge in [0.05, 0.1) is 18.0 Å². The minimum atomic E-state index is 0.0108. The molecule has 0 aliphatic heterocycles. The second-order valence-corrected chi connectivity index (χ2v) is 6.00. The van der Waals surface area contributed by atoms with Crippen LogP contribution >= 0.6 is 11.3 Å². The summed E-state index contributed by atoms with van der Waals surface area (Å²) in [6.07, 6.45) is 1.78. The van der Waals surface area contributed by atoms with Crippen molar-refractivity contribution in [2.45, 2.75) is 13.1 Å². The van der Waals surface area contributed by atoms with Crippen molar-refractivity contribution in [1.82, 2.24) is 15.3 Å². The summed E-state index contributed by atoms with van der Waals surface area (Å²) in [6.45, 7) is 1.67. The molecule has 2 N–H and O–H groups in total. The highest BCUT2D eigenvalue weighted by Gasteiger charge is 2.06. The molecule has 0 amide bonds. The van der Waals surface area contributed by atoms with Crippen LogP contribution in [0.25, 0.3) is 10.7 Å². The van der Waals surface area contributed by atoms with Crippen LogP contribution in [0.3, 0.4) is 0 Å². The standard InChI is InChI=1S/C18H19N3O2S/c22-9-10-23-17-7-2-1-5-14(17)11-19-12-15-13-24-18(21-15)16-6-3-4-8-20-16/h1-8,13,19,22H,9-12H2. The SMILES string of the molecule is OCCOc1ccccc1CNCc1csc(-c2ccccn2)n1. The van der Waals surface area contributed by atoms with Crippen molar-refractivity contribution in [3.05, 3.63) is 65.3 Å². The van der Waals surface area contributed by atoms with Gasteiger partial charge in [-0.05, 0) is 18.2 Å². The van der Waals surface area contributed by atoms with Gasteiger partial charge in [0.1, 0.15) is 17.4 Å². The number of aliphatic hydroxyl groups is 1. The second kappa shape index (κ2) is 8.54. The maximum absolute atomic E-state index is 8.89. The first-order chi connectivity index (χ1) is 11.9. The normalized spacial score (nSPS) is 10.7. The maximum Gasteiger partial charge on any atom is 0.142 e. The molecule has 1 aromatic carbocycles. The van der Waals surface area contributed by atoms with Crippen LogP contribution in [0.4, 0.5) is 0 Å². The van der Waals surface area contributed by atoms with Gasteiger partial charge in [-0.3, -0.25) is 4.98 Å². The largest absolute Gasteiger partial charge is 0.491 e. The highest BCUT2D eigenvalue weighted by molar-refractivity contribution is 7.13. The summed E-state index contributed by atoms with van der Waals surface area (Å²) in [6, 6.07) is 13.7. The number of para-hydroxylation sites is 1. The fourth-order valence-electron chi connectivity index (χ4n) is 2.27. The van der Waals surface area contributed by atoms with Crippen LogP contribution < -0.4 is 10.1 Å². The zero-order valence-electron chi connectivity index (χ0n) is 13.2. The van der Waals surface area contributed by atoms with Crippen molar-refractivity contribution >= 4 is 11.3 Å². The number of hydrogen-bond donors (Lipinski definition) is 2. The molecule has 0 atom stereocenters. The van der Waals surface area contributed by atoms with Crippen molar-refractivity contribution in [3.8, 4) is 16.5 Å². The van der Waals surface area contributed by atoms with Crippen molar-refractivity contribution < 1.29 is 9.84 Å². The third-order valence-corrected chi connectivity index (χ3v) is 4.29. The number of aromatic nitrogens is 2. The van der Waals surface area contributed by atoms with E-state index in [2.05, 4.69) is 15.3 Å². The molecule has 0 aliphatic carbocycles. The summed E-state index contributed by atoms with van der Waals surface area (Å²) >= 11 is 1.60. The van der Waals surface area contributed by atoms with Crippen LogP contribution in [0, 0.1) is 0 Å². The Bertz CT molecular complexity index is 762. The molecule has 5 nitrogen and oxygen atoms in total. The van der Waals surface area contributed by atoms with Gasteiger partial charge in [0.2, 0.25) is 0 Å². The predicted octanol–water partition coefficient (Wildman–Crippen LogP) is 2.87. The molecule has 0 saturated carbocycles. The highest BCUT2D eigenvalue weighted by Crippen LogP contribution is 2.21. The number of pyridine rings is 1. The summed E-state index contributed by atoms with van der Waals surface area (Å²) in [5, 5.41) is 15.2. The lowest BCUT2D eigenvalue weighted by Crippen LogP contribution is -2.14. The van der Waals surface area contributed by atoms with Crippen LogP contribution in [0.15, 0.2) is 54.0 Å². The van der Waals surface area contributed by atoms with E-state index in [0.717, 1.165) is 27.7 Å². The number of thiazole rings is 1. The van der Waals surface area contributed by atoms with Crippen LogP contribution in [0.1, 0.15) is 11.3 Å². The van der Waals surface area contributed by atoms with Gasteiger partial charge in [-0.1, -0.05) is 24.3 Å². The Morgan fingerprint density at radius 3 is 2.79 bits per heavy atom. The van der Waals surface area contributed by atoms with E-state index in [0.29, 0.717) is 19.7 Å². The van der Waals surface area contributed by atoms with Crippen LogP contribution in [0.2, 0.25) is 0 Å². The second-order valence-electron chi connectivity index (χ2n) is 5.14. The van der Waals surface area contributed by atoms with E-state index in [1.165, 1.54) is 0 Å². The quantitative estimate of drug-likeness (QED) is 0.659. The fourth-order valence-corrected chi connectivity index (χ4v) is 3.06. The van der Waals surface area contributed by atoms with Gasteiger partial charge in [0.15, 0.2) is 0 Å². The van der Waals surface area contributed by atoms with E-state index in [9.17, 15) is 0 Å². The van der Waals surface area contributed by atoms with Gasteiger partial charge in [-0.25, -0.2) is 4.98 Å². The molecule has 2 aromatic heterocycles. The summed E-state index contributed by atoms with van der Waals surface area (Å²) in [5.41, 5.74) is 2.96. The molecule has 0 bridgehead atoms. The highest BCUT2D eigenvalue weighted by atomic mass is 32.1. The van der Waals surface area contributed by atoms with Gasteiger partial charge in [-0.15, -0.1) is 11.3 Å². The molecule has 0 saturated heterocycles. The Labute approximate surface area is 145 Å². The molecular formula is C18H19N3O2S. The summed E-state index contributed by atoms with van der Waals surface area (Å²) in [4.78, 5) is 8.93. The van der Waals surface area contributed by atoms with E-state index in [1.807, 2.05) is 47.8 Å². The van der Waals surface area contributed by atoms with E-state index < -0.39 is 0 Å². The van der Waals surface area contributed by atoms with Crippen LogP contribution in [0.5, 0.6) is 5.75 Å². The molecule has 3 rings (SSSR count). The number of rotatable bonds is 8. The minimum absolute atomic E-state index is 0.0108. The maximum atomic E-state index is 8.89. The molecule has 0 aliphatic rings. The van der Waals surface area contributed by atoms with Gasteiger partial charge in [0, 0.05) is 30.2 Å². The number of aliphatic hydroxyl groups excluding tert-OH is 1. The molecule has 3 aromatic rings. The first kappa shape index (κ1) is 16.6. The molecule has 124 valence electrons. The van der Waals surface area contributed by atoms with Crippen LogP contribution in [-0.4, -0.2) is 28.3 Å². The Morgan fingerprint density at radius 1 is 1.08 bits per heavy atom. The average molecular weight is 341 g/mol. The number of nitrogens with zero attached hydrogens (tertiary/aromatic N) is 2. The van der Waals surface area contributed by atoms with Gasteiger partial charge in [0.25, 0.3) is 0 Å². The third kappa shape index (κ3) is 4.38. The Balaban J connectivity index is 1.57. The zero-order valence-corrected chi connectivity index (χ0v) is 14.0. The van der Waals surface area contributed by atoms with Gasteiger partial charge >= 0.3 is 0 Å². The number of benzene rings is 1. The lowest BCUT2D eigenvalue weighted by Gasteiger charge is -2.10. The molecule has 0 unspecified atom stereocenters. The van der Waals surface area contributed by atoms with E-state index >= 15 is 0 Å². The monoisotopic (exact) mass is 341 g/mol. The van der Waals surface area contributed by atoms with Crippen molar-refractivity contribution in [3.63, 3.8) is 0 Å². The molecular weight excluding hydrogens is 322 g/mol. The van der Waals surface area contributed by atoms with Crippen molar-refractivity contribution in [2.75, 3.05) is 13.2 Å². The molecule has 6 heteroatoms. The molecule has 0 radical (unpaired) electrons. The van der Waals surface area contributed by atoms with E-state index in [4.69, 9.17) is 9.84 Å². The summed E-state index contributed by atoms with van der Waals surface area (Å²) in [7, 11) is 0. The molecule has 0 fully saturated rings. The summed E-state index contributed by atoms with van der Waals surface area (Å²) < 4.78 is 5.54. The lowest BCUT2D eigenvalue weighted by atomic mass is 10.2. The smallest absolute Gasteiger partial charge is 0.142 e. The van der Waals surface area contributed by atoms with Gasteiger partial charge in [-0.2, -0.15) is 0 Å². The van der Waals surface area contributed by atoms with Crippen molar-refractivity contribution in [2.24, 2.45) is 0 Å². The molecule has 2 heterocycles. The van der Waals surface area contributed by atoms with E-state index in [-0.39, 0.29) is 6.61 Å². The Morgan fingerprint density at radius 2 is 1.96 bits per heavy atom. The minimum Gasteiger partial charge on any atom is -0.491 e. The number of nitrogens with one attached hydrogen (secondary N) is 1. The predicted molar refractivity (Wildman–Crippen MR) is 94.9 cm³/mol. The molecule has 0 spiro atoms. The fraction of sp³-hybridized carbons (Fsp3) is 0.222. The number of hydrogen-bond acceptors (Lipinski definition) is 6. The Hall–Kier alpha value is -2.28. The number of ether oxygens (including phenoxy) is 1. The van der Waals surface area contributed by atoms with E-state index in [1.54, 1.807) is 17.5 Å². The van der Waals surface area contributed by atoms with Crippen LogP contribution in [-0.2, 0) is 13.1 Å². The van der Waals surface area contributed by atoms with Crippen molar-refractivity contribution in [1.29, 1.82) is 0 Å². The Kier molecular flexibility index (Phi) is 5.90. The average Bonchev–Trinajstić information content (AvgIpc) is 3.10. The zero-order chi connectivity index (χ0) is 16.6. The first-order valence-electron chi connectivity index (χ1n) is 7.75.